The topological polar surface area (TPSA) is 80.0 Å². The molecule has 0 bridgehead atoms. The van der Waals surface area contributed by atoms with E-state index >= 15 is 0 Å². The van der Waals surface area contributed by atoms with Crippen LogP contribution in [0.1, 0.15) is 17.4 Å². The standard InChI is InChI=1S/C6H10N4O2/c1-3-7-5(11)4-6(12)8-9-10(4)2/h12H,3H2,1-2H3,(H,7,11). The third-order valence-electron chi connectivity index (χ3n) is 1.36. The molecule has 1 heterocycles. The van der Waals surface area contributed by atoms with Gasteiger partial charge in [0.05, 0.1) is 0 Å². The summed E-state index contributed by atoms with van der Waals surface area (Å²) in [7, 11) is 1.54. The summed E-state index contributed by atoms with van der Waals surface area (Å²) in [6.07, 6.45) is 0. The van der Waals surface area contributed by atoms with Crippen LogP contribution in [-0.2, 0) is 7.05 Å². The lowest BCUT2D eigenvalue weighted by atomic mass is 10.4. The summed E-state index contributed by atoms with van der Waals surface area (Å²) in [5.41, 5.74) is 0.0804. The normalized spacial score (nSPS) is 9.83. The lowest BCUT2D eigenvalue weighted by molar-refractivity contribution is 0.0943. The van der Waals surface area contributed by atoms with Gasteiger partial charge in [-0.05, 0) is 6.92 Å². The van der Waals surface area contributed by atoms with E-state index in [2.05, 4.69) is 15.6 Å². The van der Waals surface area contributed by atoms with Crippen LogP contribution in [0.2, 0.25) is 0 Å². The van der Waals surface area contributed by atoms with E-state index in [1.54, 1.807) is 6.92 Å². The van der Waals surface area contributed by atoms with Crippen molar-refractivity contribution in [3.05, 3.63) is 5.69 Å². The number of carbonyl (C=O) groups is 1. The number of nitrogens with zero attached hydrogens (tertiary/aromatic N) is 3. The zero-order valence-electron chi connectivity index (χ0n) is 6.90. The lowest BCUT2D eigenvalue weighted by Crippen LogP contribution is -2.25. The molecule has 12 heavy (non-hydrogen) atoms. The molecule has 0 unspecified atom stereocenters. The van der Waals surface area contributed by atoms with E-state index in [1.807, 2.05) is 0 Å². The maximum atomic E-state index is 11.2. The van der Waals surface area contributed by atoms with Crippen LogP contribution in [0.25, 0.3) is 0 Å². The molecule has 0 aliphatic heterocycles. The first-order valence-electron chi connectivity index (χ1n) is 3.53. The molecular weight excluding hydrogens is 160 g/mol. The van der Waals surface area contributed by atoms with E-state index in [0.717, 1.165) is 0 Å². The molecule has 0 atom stereocenters. The van der Waals surface area contributed by atoms with Crippen LogP contribution in [0.4, 0.5) is 0 Å². The molecule has 0 aromatic carbocycles. The van der Waals surface area contributed by atoms with Crippen LogP contribution < -0.4 is 5.32 Å². The minimum Gasteiger partial charge on any atom is -0.491 e. The fourth-order valence-electron chi connectivity index (χ4n) is 0.839. The number of aromatic nitrogens is 3. The van der Waals surface area contributed by atoms with E-state index in [1.165, 1.54) is 11.7 Å². The third kappa shape index (κ3) is 1.36. The zero-order valence-corrected chi connectivity index (χ0v) is 6.90. The molecule has 0 fully saturated rings. The number of carbonyl (C=O) groups excluding carboxylic acids is 1. The molecule has 6 nitrogen and oxygen atoms in total. The Hall–Kier alpha value is -1.59. The van der Waals surface area contributed by atoms with Crippen LogP contribution in [0, 0.1) is 0 Å². The highest BCUT2D eigenvalue weighted by Crippen LogP contribution is 2.09. The Morgan fingerprint density at radius 1 is 1.75 bits per heavy atom. The van der Waals surface area contributed by atoms with Gasteiger partial charge in [-0.2, -0.15) is 0 Å². The molecule has 1 aromatic rings. The molecule has 66 valence electrons. The molecule has 0 saturated carbocycles. The van der Waals surface area contributed by atoms with Crippen molar-refractivity contribution in [3.8, 4) is 5.88 Å². The van der Waals surface area contributed by atoms with Gasteiger partial charge < -0.3 is 10.4 Å². The summed E-state index contributed by atoms with van der Waals surface area (Å²) in [6, 6.07) is 0. The molecule has 0 aliphatic rings. The predicted molar refractivity (Wildman–Crippen MR) is 40.7 cm³/mol. The average molecular weight is 170 g/mol. The van der Waals surface area contributed by atoms with E-state index < -0.39 is 0 Å². The van der Waals surface area contributed by atoms with Crippen LogP contribution in [0.15, 0.2) is 0 Å². The van der Waals surface area contributed by atoms with E-state index in [0.29, 0.717) is 6.54 Å². The number of hydrogen-bond donors (Lipinski definition) is 2. The van der Waals surface area contributed by atoms with E-state index in [-0.39, 0.29) is 17.5 Å². The highest BCUT2D eigenvalue weighted by atomic mass is 16.3. The van der Waals surface area contributed by atoms with Crippen molar-refractivity contribution >= 4 is 5.91 Å². The van der Waals surface area contributed by atoms with Crippen molar-refractivity contribution in [2.45, 2.75) is 6.92 Å². The zero-order chi connectivity index (χ0) is 9.14. The van der Waals surface area contributed by atoms with Gasteiger partial charge in [-0.25, -0.2) is 4.68 Å². The molecule has 2 N–H and O–H groups in total. The highest BCUT2D eigenvalue weighted by molar-refractivity contribution is 5.94. The SMILES string of the molecule is CCNC(=O)c1c(O)nnn1C. The van der Waals surface area contributed by atoms with Gasteiger partial charge in [0.1, 0.15) is 0 Å². The second-order valence-corrected chi connectivity index (χ2v) is 2.24. The smallest absolute Gasteiger partial charge is 0.275 e. The monoisotopic (exact) mass is 170 g/mol. The van der Waals surface area contributed by atoms with Crippen molar-refractivity contribution in [1.82, 2.24) is 20.3 Å². The number of hydrogen-bond acceptors (Lipinski definition) is 4. The highest BCUT2D eigenvalue weighted by Gasteiger charge is 2.16. The van der Waals surface area contributed by atoms with Crippen LogP contribution in [0.3, 0.4) is 0 Å². The van der Waals surface area contributed by atoms with Gasteiger partial charge in [0, 0.05) is 13.6 Å². The van der Waals surface area contributed by atoms with Gasteiger partial charge >= 0.3 is 0 Å². The van der Waals surface area contributed by atoms with Gasteiger partial charge in [0.25, 0.3) is 11.8 Å². The Balaban J connectivity index is 2.93. The minimum absolute atomic E-state index is 0.0804. The van der Waals surface area contributed by atoms with Gasteiger partial charge in [-0.15, -0.1) is 0 Å². The molecule has 0 saturated heterocycles. The molecule has 0 aliphatic carbocycles. The van der Waals surface area contributed by atoms with Crippen molar-refractivity contribution in [2.75, 3.05) is 6.54 Å². The van der Waals surface area contributed by atoms with Gasteiger partial charge in [0.2, 0.25) is 0 Å². The number of aromatic hydroxyl groups is 1. The largest absolute Gasteiger partial charge is 0.491 e. The molecule has 1 rings (SSSR count). The lowest BCUT2D eigenvalue weighted by Gasteiger charge is -2.00. The second kappa shape index (κ2) is 3.21. The summed E-state index contributed by atoms with van der Waals surface area (Å²) in [6.45, 7) is 2.29. The molecule has 0 radical (unpaired) electrons. The Bertz CT molecular complexity index is 274. The first kappa shape index (κ1) is 8.51. The summed E-state index contributed by atoms with van der Waals surface area (Å²) < 4.78 is 1.22. The molecular formula is C6H10N4O2. The number of aryl methyl sites for hydroxylation is 1. The maximum Gasteiger partial charge on any atom is 0.275 e. The van der Waals surface area contributed by atoms with E-state index in [4.69, 9.17) is 5.11 Å². The van der Waals surface area contributed by atoms with Gasteiger partial charge in [-0.3, -0.25) is 4.79 Å². The quantitative estimate of drug-likeness (QED) is 0.613. The fraction of sp³-hybridized carbons (Fsp3) is 0.500. The number of rotatable bonds is 2. The first-order chi connectivity index (χ1) is 5.66. The first-order valence-corrected chi connectivity index (χ1v) is 3.53. The molecule has 6 heteroatoms. The van der Waals surface area contributed by atoms with Crippen LogP contribution >= 0.6 is 0 Å². The van der Waals surface area contributed by atoms with Crippen LogP contribution in [0.5, 0.6) is 5.88 Å². The molecule has 1 aromatic heterocycles. The summed E-state index contributed by atoms with van der Waals surface area (Å²) in [5.74, 6) is -0.717. The van der Waals surface area contributed by atoms with E-state index in [9.17, 15) is 4.79 Å². The Morgan fingerprint density at radius 3 is 2.83 bits per heavy atom. The molecule has 1 amide bonds. The van der Waals surface area contributed by atoms with Crippen LogP contribution in [-0.4, -0.2) is 32.6 Å². The summed E-state index contributed by atoms with van der Waals surface area (Å²) >= 11 is 0. The Labute approximate surface area is 69.2 Å². The van der Waals surface area contributed by atoms with Crippen molar-refractivity contribution in [2.24, 2.45) is 7.05 Å². The molecule has 0 spiro atoms. The predicted octanol–water partition coefficient (Wildman–Crippen LogP) is -0.730. The Kier molecular flexibility index (Phi) is 2.27. The Morgan fingerprint density at radius 2 is 2.42 bits per heavy atom. The number of amides is 1. The van der Waals surface area contributed by atoms with Gasteiger partial charge in [-0.1, -0.05) is 10.3 Å². The third-order valence-corrected chi connectivity index (χ3v) is 1.36. The fourth-order valence-corrected chi connectivity index (χ4v) is 0.839. The van der Waals surface area contributed by atoms with Crippen molar-refractivity contribution in [1.29, 1.82) is 0 Å². The van der Waals surface area contributed by atoms with Crippen molar-refractivity contribution in [3.63, 3.8) is 0 Å². The summed E-state index contributed by atoms with van der Waals surface area (Å²) in [4.78, 5) is 11.2. The second-order valence-electron chi connectivity index (χ2n) is 2.24. The van der Waals surface area contributed by atoms with Crippen molar-refractivity contribution < 1.29 is 9.90 Å². The minimum atomic E-state index is -0.373. The average Bonchev–Trinajstić information content (AvgIpc) is 2.32. The van der Waals surface area contributed by atoms with Gasteiger partial charge in [0.15, 0.2) is 5.69 Å². The number of nitrogens with one attached hydrogen (secondary N) is 1. The summed E-state index contributed by atoms with van der Waals surface area (Å²) in [5, 5.41) is 18.4. The maximum absolute atomic E-state index is 11.2.